The Morgan fingerprint density at radius 1 is 0.486 bits per heavy atom. The first kappa shape index (κ1) is 31.4. The predicted octanol–water partition coefficient (Wildman–Crippen LogP) is 9.23. The first-order chi connectivity index (χ1) is 16.9. The Labute approximate surface area is 217 Å². The number of nitrogens with one attached hydrogen (secondary N) is 1. The summed E-state index contributed by atoms with van der Waals surface area (Å²) in [4.78, 5) is 0. The summed E-state index contributed by atoms with van der Waals surface area (Å²) >= 11 is 0. The Kier molecular flexibility index (Phi) is 20.4. The SMILES string of the molecule is CCCCCCCCCCCCCCCCCCNCCC(c1ccccc1)c1ccccc1.O. The van der Waals surface area contributed by atoms with Crippen LogP contribution in [0.3, 0.4) is 0 Å². The van der Waals surface area contributed by atoms with Crippen molar-refractivity contribution >= 4 is 0 Å². The minimum Gasteiger partial charge on any atom is -0.412 e. The fourth-order valence-electron chi connectivity index (χ4n) is 5.07. The van der Waals surface area contributed by atoms with Gasteiger partial charge in [0, 0.05) is 5.92 Å². The van der Waals surface area contributed by atoms with Crippen LogP contribution in [0.2, 0.25) is 0 Å². The lowest BCUT2D eigenvalue weighted by molar-refractivity contribution is 0.523. The summed E-state index contributed by atoms with van der Waals surface area (Å²) in [5.41, 5.74) is 2.86. The van der Waals surface area contributed by atoms with Gasteiger partial charge >= 0.3 is 0 Å². The predicted molar refractivity (Wildman–Crippen MR) is 155 cm³/mol. The molecular weight excluding hydrogens is 426 g/mol. The minimum atomic E-state index is 0. The lowest BCUT2D eigenvalue weighted by Gasteiger charge is -2.18. The van der Waals surface area contributed by atoms with Gasteiger partial charge in [-0.1, -0.05) is 164 Å². The molecule has 35 heavy (non-hydrogen) atoms. The van der Waals surface area contributed by atoms with Crippen LogP contribution in [0, 0.1) is 0 Å². The second-order valence-corrected chi connectivity index (χ2v) is 10.2. The van der Waals surface area contributed by atoms with Crippen LogP contribution in [-0.2, 0) is 0 Å². The van der Waals surface area contributed by atoms with Crippen LogP contribution in [0.5, 0.6) is 0 Å². The van der Waals surface area contributed by atoms with E-state index in [2.05, 4.69) is 72.9 Å². The second-order valence-electron chi connectivity index (χ2n) is 10.2. The molecule has 198 valence electrons. The maximum Gasteiger partial charge on any atom is 0.0101 e. The number of unbranched alkanes of at least 4 members (excludes halogenated alkanes) is 15. The number of hydrogen-bond donors (Lipinski definition) is 1. The molecular formula is C33H55NO. The van der Waals surface area contributed by atoms with Gasteiger partial charge in [0.05, 0.1) is 0 Å². The van der Waals surface area contributed by atoms with Gasteiger partial charge in [0.15, 0.2) is 0 Å². The van der Waals surface area contributed by atoms with Crippen molar-refractivity contribution < 1.29 is 5.48 Å². The van der Waals surface area contributed by atoms with E-state index in [4.69, 9.17) is 0 Å². The average molecular weight is 482 g/mol. The Balaban J connectivity index is 0.00000612. The van der Waals surface area contributed by atoms with Crippen molar-refractivity contribution in [3.8, 4) is 0 Å². The van der Waals surface area contributed by atoms with E-state index in [0.717, 1.165) is 19.5 Å². The first-order valence-corrected chi connectivity index (χ1v) is 14.7. The molecule has 0 atom stereocenters. The Bertz CT molecular complexity index is 633. The van der Waals surface area contributed by atoms with Crippen molar-refractivity contribution in [3.05, 3.63) is 71.8 Å². The van der Waals surface area contributed by atoms with Crippen molar-refractivity contribution in [1.29, 1.82) is 0 Å². The quantitative estimate of drug-likeness (QED) is 0.167. The van der Waals surface area contributed by atoms with Crippen molar-refractivity contribution in [1.82, 2.24) is 5.32 Å². The van der Waals surface area contributed by atoms with Gasteiger partial charge in [-0.2, -0.15) is 0 Å². The minimum absolute atomic E-state index is 0. The molecule has 2 nitrogen and oxygen atoms in total. The zero-order chi connectivity index (χ0) is 23.9. The first-order valence-electron chi connectivity index (χ1n) is 14.7. The van der Waals surface area contributed by atoms with E-state index in [1.807, 2.05) is 0 Å². The summed E-state index contributed by atoms with van der Waals surface area (Å²) in [6, 6.07) is 22.0. The van der Waals surface area contributed by atoms with Crippen LogP contribution in [0.1, 0.15) is 133 Å². The molecule has 2 heteroatoms. The third-order valence-electron chi connectivity index (χ3n) is 7.22. The highest BCUT2D eigenvalue weighted by molar-refractivity contribution is 5.32. The third-order valence-corrected chi connectivity index (χ3v) is 7.22. The Morgan fingerprint density at radius 2 is 0.857 bits per heavy atom. The lowest BCUT2D eigenvalue weighted by atomic mass is 9.88. The van der Waals surface area contributed by atoms with Gasteiger partial charge in [-0.25, -0.2) is 0 Å². The van der Waals surface area contributed by atoms with E-state index in [1.54, 1.807) is 0 Å². The van der Waals surface area contributed by atoms with Crippen LogP contribution in [0.25, 0.3) is 0 Å². The van der Waals surface area contributed by atoms with Gasteiger partial charge in [-0.15, -0.1) is 0 Å². The maximum atomic E-state index is 3.70. The molecule has 0 amide bonds. The Morgan fingerprint density at radius 3 is 1.26 bits per heavy atom. The Hall–Kier alpha value is -1.64. The summed E-state index contributed by atoms with van der Waals surface area (Å²) in [7, 11) is 0. The maximum absolute atomic E-state index is 3.70. The van der Waals surface area contributed by atoms with Gasteiger partial charge < -0.3 is 10.8 Å². The van der Waals surface area contributed by atoms with E-state index in [1.165, 1.54) is 114 Å². The van der Waals surface area contributed by atoms with E-state index in [0.29, 0.717) is 5.92 Å². The molecule has 0 spiro atoms. The molecule has 2 aromatic carbocycles. The summed E-state index contributed by atoms with van der Waals surface area (Å²) in [5.74, 6) is 0.487. The average Bonchev–Trinajstić information content (AvgIpc) is 2.88. The van der Waals surface area contributed by atoms with Crippen LogP contribution in [-0.4, -0.2) is 18.6 Å². The monoisotopic (exact) mass is 481 g/mol. The lowest BCUT2D eigenvalue weighted by Crippen LogP contribution is -2.19. The van der Waals surface area contributed by atoms with Crippen molar-refractivity contribution in [2.24, 2.45) is 0 Å². The van der Waals surface area contributed by atoms with Crippen molar-refractivity contribution in [3.63, 3.8) is 0 Å². The van der Waals surface area contributed by atoms with Gasteiger partial charge in [0.1, 0.15) is 0 Å². The summed E-state index contributed by atoms with van der Waals surface area (Å²) in [6.45, 7) is 4.55. The highest BCUT2D eigenvalue weighted by Gasteiger charge is 2.13. The van der Waals surface area contributed by atoms with E-state index in [9.17, 15) is 0 Å². The van der Waals surface area contributed by atoms with Crippen LogP contribution in [0.4, 0.5) is 0 Å². The largest absolute Gasteiger partial charge is 0.412 e. The molecule has 0 aliphatic rings. The van der Waals surface area contributed by atoms with Gasteiger partial charge in [-0.3, -0.25) is 0 Å². The molecule has 0 aliphatic heterocycles. The standard InChI is InChI=1S/C33H53N.H2O/c1-2-3-4-5-6-7-8-9-10-11-12-13-14-15-16-23-29-34-30-28-33(31-24-19-17-20-25-31)32-26-21-18-22-27-32;/h17-22,24-27,33-34H,2-16,23,28-30H2,1H3;1H2. The van der Waals surface area contributed by atoms with Gasteiger partial charge in [0.2, 0.25) is 0 Å². The summed E-state index contributed by atoms with van der Waals surface area (Å²) in [6.07, 6.45) is 24.1. The smallest absolute Gasteiger partial charge is 0.0101 e. The normalized spacial score (nSPS) is 11.0. The van der Waals surface area contributed by atoms with Crippen LogP contribution in [0.15, 0.2) is 60.7 Å². The molecule has 0 bridgehead atoms. The van der Waals surface area contributed by atoms with Crippen LogP contribution >= 0.6 is 0 Å². The molecule has 0 unspecified atom stereocenters. The molecule has 2 rings (SSSR count). The molecule has 3 N–H and O–H groups in total. The number of hydrogen-bond acceptors (Lipinski definition) is 1. The van der Waals surface area contributed by atoms with E-state index >= 15 is 0 Å². The highest BCUT2D eigenvalue weighted by Crippen LogP contribution is 2.27. The topological polar surface area (TPSA) is 43.5 Å². The number of benzene rings is 2. The fourth-order valence-corrected chi connectivity index (χ4v) is 5.07. The molecule has 2 aromatic rings. The van der Waals surface area contributed by atoms with E-state index < -0.39 is 0 Å². The zero-order valence-electron chi connectivity index (χ0n) is 22.8. The molecule has 0 saturated carbocycles. The molecule has 0 aliphatic carbocycles. The van der Waals surface area contributed by atoms with Gasteiger partial charge in [0.25, 0.3) is 0 Å². The molecule has 0 aromatic heterocycles. The van der Waals surface area contributed by atoms with Crippen LogP contribution < -0.4 is 5.32 Å². The van der Waals surface area contributed by atoms with Crippen molar-refractivity contribution in [2.45, 2.75) is 122 Å². The summed E-state index contributed by atoms with van der Waals surface area (Å²) < 4.78 is 0. The molecule has 0 heterocycles. The number of rotatable bonds is 22. The highest BCUT2D eigenvalue weighted by atomic mass is 16.0. The fraction of sp³-hybridized carbons (Fsp3) is 0.636. The molecule has 0 radical (unpaired) electrons. The molecule has 0 fully saturated rings. The second kappa shape index (κ2) is 22.8. The zero-order valence-corrected chi connectivity index (χ0v) is 22.8. The van der Waals surface area contributed by atoms with E-state index in [-0.39, 0.29) is 5.48 Å². The molecule has 0 saturated heterocycles. The third kappa shape index (κ3) is 15.9. The van der Waals surface area contributed by atoms with Gasteiger partial charge in [-0.05, 0) is 37.1 Å². The van der Waals surface area contributed by atoms with Crippen molar-refractivity contribution in [2.75, 3.05) is 13.1 Å². The summed E-state index contributed by atoms with van der Waals surface area (Å²) in [5, 5.41) is 3.70.